The fourth-order valence-corrected chi connectivity index (χ4v) is 2.96. The summed E-state index contributed by atoms with van der Waals surface area (Å²) in [6, 6.07) is 0. The second-order valence-electron chi connectivity index (χ2n) is 5.57. The first-order chi connectivity index (χ1) is 8.83. The van der Waals surface area contributed by atoms with Crippen molar-refractivity contribution in [3.05, 3.63) is 18.1 Å². The summed E-state index contributed by atoms with van der Waals surface area (Å²) in [5.41, 5.74) is 1.19. The zero-order valence-corrected chi connectivity index (χ0v) is 11.2. The topological polar surface area (TPSA) is 32.3 Å². The molecule has 0 atom stereocenters. The molecule has 2 aliphatic heterocycles. The fraction of sp³-hybridized carbons (Fsp3) is 0.714. The van der Waals surface area contributed by atoms with Crippen molar-refractivity contribution in [3.63, 3.8) is 0 Å². The van der Waals surface area contributed by atoms with Crippen molar-refractivity contribution < 1.29 is 0 Å². The highest BCUT2D eigenvalue weighted by Gasteiger charge is 2.20. The van der Waals surface area contributed by atoms with Gasteiger partial charge in [-0.05, 0) is 45.8 Å². The standard InChI is InChI=1S/C14H22N4/c1-17-8-4-12(5-9-17)13-10-16-14(11-15-13)18-6-2-3-7-18/h10-12H,2-9H2,1H3. The largest absolute Gasteiger partial charge is 0.355 e. The van der Waals surface area contributed by atoms with Gasteiger partial charge in [0.05, 0.1) is 18.1 Å². The van der Waals surface area contributed by atoms with E-state index < -0.39 is 0 Å². The van der Waals surface area contributed by atoms with Crippen molar-refractivity contribution >= 4 is 5.82 Å². The van der Waals surface area contributed by atoms with Crippen LogP contribution in [0, 0.1) is 0 Å². The van der Waals surface area contributed by atoms with Crippen LogP contribution in [0.3, 0.4) is 0 Å². The second-order valence-corrected chi connectivity index (χ2v) is 5.57. The van der Waals surface area contributed by atoms with Gasteiger partial charge in [0.15, 0.2) is 0 Å². The second kappa shape index (κ2) is 5.22. The maximum Gasteiger partial charge on any atom is 0.147 e. The molecule has 0 radical (unpaired) electrons. The first kappa shape index (κ1) is 11.9. The summed E-state index contributed by atoms with van der Waals surface area (Å²) in [4.78, 5) is 14.0. The van der Waals surface area contributed by atoms with Crippen molar-refractivity contribution in [2.75, 3.05) is 38.1 Å². The van der Waals surface area contributed by atoms with Crippen molar-refractivity contribution in [1.29, 1.82) is 0 Å². The van der Waals surface area contributed by atoms with Crippen LogP contribution in [0.25, 0.3) is 0 Å². The fourth-order valence-electron chi connectivity index (χ4n) is 2.96. The first-order valence-corrected chi connectivity index (χ1v) is 7.08. The van der Waals surface area contributed by atoms with Gasteiger partial charge in [0.1, 0.15) is 5.82 Å². The molecule has 0 N–H and O–H groups in total. The lowest BCUT2D eigenvalue weighted by Gasteiger charge is -2.28. The maximum atomic E-state index is 4.65. The third-order valence-electron chi connectivity index (χ3n) is 4.23. The number of nitrogens with zero attached hydrogens (tertiary/aromatic N) is 4. The molecular formula is C14H22N4. The third kappa shape index (κ3) is 2.48. The van der Waals surface area contributed by atoms with E-state index in [4.69, 9.17) is 0 Å². The molecule has 0 bridgehead atoms. The summed E-state index contributed by atoms with van der Waals surface area (Å²) in [5.74, 6) is 1.67. The molecule has 2 saturated heterocycles. The summed E-state index contributed by atoms with van der Waals surface area (Å²) in [5, 5.41) is 0. The molecule has 3 rings (SSSR count). The van der Waals surface area contributed by atoms with Gasteiger partial charge in [0, 0.05) is 19.0 Å². The predicted molar refractivity (Wildman–Crippen MR) is 73.0 cm³/mol. The van der Waals surface area contributed by atoms with Gasteiger partial charge in [-0.1, -0.05) is 0 Å². The predicted octanol–water partition coefficient (Wildman–Crippen LogP) is 1.89. The van der Waals surface area contributed by atoms with Crippen LogP contribution >= 0.6 is 0 Å². The van der Waals surface area contributed by atoms with E-state index in [9.17, 15) is 0 Å². The van der Waals surface area contributed by atoms with E-state index in [1.807, 2.05) is 12.4 Å². The molecule has 0 aromatic carbocycles. The van der Waals surface area contributed by atoms with Crippen molar-refractivity contribution in [2.45, 2.75) is 31.6 Å². The highest BCUT2D eigenvalue weighted by Crippen LogP contribution is 2.26. The summed E-state index contributed by atoms with van der Waals surface area (Å²) in [6.07, 6.45) is 8.99. The van der Waals surface area contributed by atoms with E-state index in [0.717, 1.165) is 18.9 Å². The molecular weight excluding hydrogens is 224 g/mol. The van der Waals surface area contributed by atoms with Crippen LogP contribution in [0.1, 0.15) is 37.3 Å². The van der Waals surface area contributed by atoms with Gasteiger partial charge in [-0.3, -0.25) is 4.98 Å². The van der Waals surface area contributed by atoms with Crippen LogP contribution in [0.2, 0.25) is 0 Å². The van der Waals surface area contributed by atoms with Crippen LogP contribution in [-0.2, 0) is 0 Å². The monoisotopic (exact) mass is 246 g/mol. The van der Waals surface area contributed by atoms with E-state index in [1.165, 1.54) is 44.5 Å². The smallest absolute Gasteiger partial charge is 0.147 e. The molecule has 0 saturated carbocycles. The van der Waals surface area contributed by atoms with Crippen LogP contribution in [0.4, 0.5) is 5.82 Å². The van der Waals surface area contributed by atoms with Crippen LogP contribution in [-0.4, -0.2) is 48.1 Å². The molecule has 3 heterocycles. The van der Waals surface area contributed by atoms with Crippen LogP contribution in [0.15, 0.2) is 12.4 Å². The zero-order valence-electron chi connectivity index (χ0n) is 11.2. The van der Waals surface area contributed by atoms with Gasteiger partial charge >= 0.3 is 0 Å². The lowest BCUT2D eigenvalue weighted by molar-refractivity contribution is 0.253. The number of likely N-dealkylation sites (tertiary alicyclic amines) is 1. The van der Waals surface area contributed by atoms with Gasteiger partial charge in [0.2, 0.25) is 0 Å². The Morgan fingerprint density at radius 2 is 1.72 bits per heavy atom. The number of hydrogen-bond donors (Lipinski definition) is 0. The van der Waals surface area contributed by atoms with Gasteiger partial charge < -0.3 is 9.80 Å². The molecule has 0 amide bonds. The van der Waals surface area contributed by atoms with Crippen molar-refractivity contribution in [2.24, 2.45) is 0 Å². The van der Waals surface area contributed by atoms with E-state index >= 15 is 0 Å². The molecule has 0 unspecified atom stereocenters. The summed E-state index contributed by atoms with van der Waals surface area (Å²) >= 11 is 0. The molecule has 1 aromatic heterocycles. The molecule has 0 aliphatic carbocycles. The van der Waals surface area contributed by atoms with Gasteiger partial charge in [-0.15, -0.1) is 0 Å². The number of hydrogen-bond acceptors (Lipinski definition) is 4. The maximum absolute atomic E-state index is 4.65. The molecule has 18 heavy (non-hydrogen) atoms. The summed E-state index contributed by atoms with van der Waals surface area (Å²) < 4.78 is 0. The zero-order chi connectivity index (χ0) is 12.4. The Labute approximate surface area is 109 Å². The molecule has 2 aliphatic rings. The minimum absolute atomic E-state index is 0.612. The quantitative estimate of drug-likeness (QED) is 0.797. The average molecular weight is 246 g/mol. The number of anilines is 1. The van der Waals surface area contributed by atoms with Gasteiger partial charge in [0.25, 0.3) is 0 Å². The number of rotatable bonds is 2. The van der Waals surface area contributed by atoms with Crippen LogP contribution < -0.4 is 4.90 Å². The SMILES string of the molecule is CN1CCC(c2cnc(N3CCCC3)cn2)CC1. The molecule has 0 spiro atoms. The number of aromatic nitrogens is 2. The first-order valence-electron chi connectivity index (χ1n) is 7.08. The lowest BCUT2D eigenvalue weighted by Crippen LogP contribution is -2.29. The average Bonchev–Trinajstić information content (AvgIpc) is 2.94. The summed E-state index contributed by atoms with van der Waals surface area (Å²) in [7, 11) is 2.19. The van der Waals surface area contributed by atoms with E-state index in [1.54, 1.807) is 0 Å². The molecule has 2 fully saturated rings. The van der Waals surface area contributed by atoms with Crippen molar-refractivity contribution in [1.82, 2.24) is 14.9 Å². The molecule has 4 heteroatoms. The van der Waals surface area contributed by atoms with E-state index in [2.05, 4.69) is 26.8 Å². The van der Waals surface area contributed by atoms with E-state index in [-0.39, 0.29) is 0 Å². The minimum Gasteiger partial charge on any atom is -0.355 e. The minimum atomic E-state index is 0.612. The Hall–Kier alpha value is -1.16. The Morgan fingerprint density at radius 1 is 1.00 bits per heavy atom. The van der Waals surface area contributed by atoms with Gasteiger partial charge in [-0.25, -0.2) is 4.98 Å². The third-order valence-corrected chi connectivity index (χ3v) is 4.23. The van der Waals surface area contributed by atoms with Gasteiger partial charge in [-0.2, -0.15) is 0 Å². The molecule has 1 aromatic rings. The molecule has 4 nitrogen and oxygen atoms in total. The van der Waals surface area contributed by atoms with Crippen molar-refractivity contribution in [3.8, 4) is 0 Å². The normalized spacial score (nSPS) is 22.6. The molecule has 98 valence electrons. The Kier molecular flexibility index (Phi) is 3.46. The Morgan fingerprint density at radius 3 is 2.33 bits per heavy atom. The highest BCUT2D eigenvalue weighted by atomic mass is 15.2. The van der Waals surface area contributed by atoms with E-state index in [0.29, 0.717) is 5.92 Å². The Bertz CT molecular complexity index is 375. The Balaban J connectivity index is 1.67. The summed E-state index contributed by atoms with van der Waals surface area (Å²) in [6.45, 7) is 4.64. The highest BCUT2D eigenvalue weighted by molar-refractivity contribution is 5.37. The van der Waals surface area contributed by atoms with Crippen LogP contribution in [0.5, 0.6) is 0 Å². The number of piperidine rings is 1. The lowest BCUT2D eigenvalue weighted by atomic mass is 9.94.